The van der Waals surface area contributed by atoms with Crippen molar-refractivity contribution in [3.63, 3.8) is 0 Å². The van der Waals surface area contributed by atoms with Gasteiger partial charge in [-0.15, -0.1) is 0 Å². The monoisotopic (exact) mass is 180 g/mol. The maximum atomic E-state index is 8.95. The van der Waals surface area contributed by atoms with Crippen LogP contribution in [0, 0.1) is 6.92 Å². The molecular formula is C10H16N2O. The lowest BCUT2D eigenvalue weighted by molar-refractivity contribution is 0.271. The van der Waals surface area contributed by atoms with Crippen molar-refractivity contribution in [2.45, 2.75) is 26.3 Å². The molecule has 1 rings (SSSR count). The van der Waals surface area contributed by atoms with Crippen LogP contribution in [0.3, 0.4) is 0 Å². The number of pyridine rings is 1. The van der Waals surface area contributed by atoms with Crippen LogP contribution in [0.4, 0.5) is 5.82 Å². The van der Waals surface area contributed by atoms with Gasteiger partial charge in [-0.3, -0.25) is 0 Å². The molecule has 1 heterocycles. The van der Waals surface area contributed by atoms with Gasteiger partial charge < -0.3 is 10.4 Å². The number of aryl methyl sites for hydroxylation is 1. The smallest absolute Gasteiger partial charge is 0.126 e. The lowest BCUT2D eigenvalue weighted by Crippen LogP contribution is -2.23. The van der Waals surface area contributed by atoms with Crippen LogP contribution in [0.25, 0.3) is 0 Å². The quantitative estimate of drug-likeness (QED) is 0.739. The number of aliphatic hydroxyl groups excluding tert-OH is 1. The average Bonchev–Trinajstić information content (AvgIpc) is 2.17. The summed E-state index contributed by atoms with van der Waals surface area (Å²) >= 11 is 0. The van der Waals surface area contributed by atoms with E-state index in [0.29, 0.717) is 0 Å². The number of nitrogens with zero attached hydrogens (tertiary/aromatic N) is 1. The molecule has 0 spiro atoms. The van der Waals surface area contributed by atoms with Gasteiger partial charge in [0.1, 0.15) is 5.82 Å². The third kappa shape index (κ3) is 3.03. The molecule has 2 N–H and O–H groups in total. The highest BCUT2D eigenvalue weighted by molar-refractivity contribution is 5.36. The van der Waals surface area contributed by atoms with Crippen LogP contribution < -0.4 is 5.32 Å². The molecule has 0 radical (unpaired) electrons. The van der Waals surface area contributed by atoms with Gasteiger partial charge in [0.15, 0.2) is 0 Å². The van der Waals surface area contributed by atoms with Crippen molar-refractivity contribution >= 4 is 5.82 Å². The summed E-state index contributed by atoms with van der Waals surface area (Å²) in [5.41, 5.74) is 1.14. The zero-order valence-electron chi connectivity index (χ0n) is 8.12. The Balaban J connectivity index is 2.58. The maximum Gasteiger partial charge on any atom is 0.126 e. The molecule has 0 saturated heterocycles. The molecule has 1 aromatic rings. The molecule has 0 aromatic carbocycles. The number of aliphatic hydroxyl groups is 1. The van der Waals surface area contributed by atoms with E-state index in [1.807, 2.05) is 32.2 Å². The minimum absolute atomic E-state index is 0.107. The SMILES string of the molecule is CCC(CO)Nc1ccc(C)cn1. The highest BCUT2D eigenvalue weighted by Crippen LogP contribution is 2.06. The van der Waals surface area contributed by atoms with E-state index < -0.39 is 0 Å². The number of rotatable bonds is 4. The number of hydrogen-bond donors (Lipinski definition) is 2. The average molecular weight is 180 g/mol. The van der Waals surface area contributed by atoms with E-state index in [4.69, 9.17) is 5.11 Å². The Kier molecular flexibility index (Phi) is 3.71. The molecule has 72 valence electrons. The zero-order chi connectivity index (χ0) is 9.68. The second kappa shape index (κ2) is 4.82. The van der Waals surface area contributed by atoms with Gasteiger partial charge in [-0.25, -0.2) is 4.98 Å². The Labute approximate surface area is 78.8 Å². The molecule has 13 heavy (non-hydrogen) atoms. The Hall–Kier alpha value is -1.09. The summed E-state index contributed by atoms with van der Waals surface area (Å²) in [4.78, 5) is 4.19. The molecule has 1 unspecified atom stereocenters. The molecule has 0 fully saturated rings. The summed E-state index contributed by atoms with van der Waals surface area (Å²) in [6.07, 6.45) is 2.71. The normalized spacial score (nSPS) is 12.5. The van der Waals surface area contributed by atoms with Gasteiger partial charge in [0.2, 0.25) is 0 Å². The van der Waals surface area contributed by atoms with Crippen molar-refractivity contribution in [2.75, 3.05) is 11.9 Å². The Morgan fingerprint density at radius 1 is 1.54 bits per heavy atom. The fourth-order valence-corrected chi connectivity index (χ4v) is 1.04. The summed E-state index contributed by atoms with van der Waals surface area (Å²) in [6.45, 7) is 4.17. The Bertz CT molecular complexity index is 242. The van der Waals surface area contributed by atoms with E-state index in [0.717, 1.165) is 17.8 Å². The topological polar surface area (TPSA) is 45.1 Å². The van der Waals surface area contributed by atoms with Gasteiger partial charge >= 0.3 is 0 Å². The molecular weight excluding hydrogens is 164 g/mol. The van der Waals surface area contributed by atoms with Crippen molar-refractivity contribution in [3.8, 4) is 0 Å². The van der Waals surface area contributed by atoms with E-state index in [1.165, 1.54) is 0 Å². The largest absolute Gasteiger partial charge is 0.394 e. The van der Waals surface area contributed by atoms with E-state index in [-0.39, 0.29) is 12.6 Å². The summed E-state index contributed by atoms with van der Waals surface area (Å²) in [6, 6.07) is 4.03. The predicted molar refractivity (Wildman–Crippen MR) is 53.8 cm³/mol. The number of hydrogen-bond acceptors (Lipinski definition) is 3. The van der Waals surface area contributed by atoms with Crippen LogP contribution in [-0.4, -0.2) is 22.7 Å². The van der Waals surface area contributed by atoms with Crippen molar-refractivity contribution in [1.29, 1.82) is 0 Å². The first-order valence-electron chi connectivity index (χ1n) is 4.56. The van der Waals surface area contributed by atoms with Crippen molar-refractivity contribution in [2.24, 2.45) is 0 Å². The summed E-state index contributed by atoms with van der Waals surface area (Å²) in [5, 5.41) is 12.1. The van der Waals surface area contributed by atoms with Crippen molar-refractivity contribution in [3.05, 3.63) is 23.9 Å². The molecule has 0 aliphatic carbocycles. The maximum absolute atomic E-state index is 8.95. The van der Waals surface area contributed by atoms with E-state index in [9.17, 15) is 0 Å². The second-order valence-electron chi connectivity index (χ2n) is 3.15. The second-order valence-corrected chi connectivity index (χ2v) is 3.15. The molecule has 3 nitrogen and oxygen atoms in total. The van der Waals surface area contributed by atoms with E-state index >= 15 is 0 Å². The fourth-order valence-electron chi connectivity index (χ4n) is 1.04. The lowest BCUT2D eigenvalue weighted by atomic mass is 10.2. The van der Waals surface area contributed by atoms with E-state index in [2.05, 4.69) is 10.3 Å². The molecule has 0 bridgehead atoms. The van der Waals surface area contributed by atoms with Crippen LogP contribution in [-0.2, 0) is 0 Å². The van der Waals surface area contributed by atoms with E-state index in [1.54, 1.807) is 0 Å². The minimum Gasteiger partial charge on any atom is -0.394 e. The Morgan fingerprint density at radius 3 is 2.77 bits per heavy atom. The number of anilines is 1. The third-order valence-electron chi connectivity index (χ3n) is 1.98. The minimum atomic E-state index is 0.107. The first-order chi connectivity index (χ1) is 6.26. The molecule has 0 aliphatic heterocycles. The fraction of sp³-hybridized carbons (Fsp3) is 0.500. The predicted octanol–water partition coefficient (Wildman–Crippen LogP) is 1.57. The van der Waals surface area contributed by atoms with Crippen LogP contribution in [0.15, 0.2) is 18.3 Å². The van der Waals surface area contributed by atoms with Gasteiger partial charge in [-0.1, -0.05) is 13.0 Å². The standard InChI is InChI=1S/C10H16N2O/c1-3-9(7-13)12-10-5-4-8(2)6-11-10/h4-6,9,13H,3,7H2,1-2H3,(H,11,12). The number of aromatic nitrogens is 1. The van der Waals surface area contributed by atoms with Crippen LogP contribution in [0.5, 0.6) is 0 Å². The first-order valence-corrected chi connectivity index (χ1v) is 4.56. The Morgan fingerprint density at radius 2 is 2.31 bits per heavy atom. The first kappa shape index (κ1) is 9.99. The molecule has 1 atom stereocenters. The lowest BCUT2D eigenvalue weighted by Gasteiger charge is -2.14. The van der Waals surface area contributed by atoms with Crippen LogP contribution >= 0.6 is 0 Å². The van der Waals surface area contributed by atoms with Gasteiger partial charge in [-0.2, -0.15) is 0 Å². The third-order valence-corrected chi connectivity index (χ3v) is 1.98. The zero-order valence-corrected chi connectivity index (χ0v) is 8.12. The van der Waals surface area contributed by atoms with Crippen LogP contribution in [0.1, 0.15) is 18.9 Å². The van der Waals surface area contributed by atoms with Crippen LogP contribution in [0.2, 0.25) is 0 Å². The summed E-state index contributed by atoms with van der Waals surface area (Å²) in [7, 11) is 0. The number of nitrogens with one attached hydrogen (secondary N) is 1. The highest BCUT2D eigenvalue weighted by atomic mass is 16.3. The summed E-state index contributed by atoms with van der Waals surface area (Å²) < 4.78 is 0. The molecule has 0 aliphatic rings. The van der Waals surface area contributed by atoms with Gasteiger partial charge in [0.05, 0.1) is 12.6 Å². The molecule has 1 aromatic heterocycles. The van der Waals surface area contributed by atoms with Gasteiger partial charge in [0.25, 0.3) is 0 Å². The molecule has 3 heteroatoms. The van der Waals surface area contributed by atoms with Crippen molar-refractivity contribution < 1.29 is 5.11 Å². The van der Waals surface area contributed by atoms with Gasteiger partial charge in [0, 0.05) is 6.20 Å². The van der Waals surface area contributed by atoms with Crippen molar-refractivity contribution in [1.82, 2.24) is 4.98 Å². The molecule has 0 saturated carbocycles. The highest BCUT2D eigenvalue weighted by Gasteiger charge is 2.03. The molecule has 0 amide bonds. The van der Waals surface area contributed by atoms with Gasteiger partial charge in [-0.05, 0) is 25.0 Å². The summed E-state index contributed by atoms with van der Waals surface area (Å²) in [5.74, 6) is 0.825.